The van der Waals surface area contributed by atoms with Gasteiger partial charge in [0.2, 0.25) is 0 Å². The van der Waals surface area contributed by atoms with Crippen LogP contribution >= 0.6 is 23.2 Å². The van der Waals surface area contributed by atoms with Crippen LogP contribution in [0.25, 0.3) is 0 Å². The van der Waals surface area contributed by atoms with E-state index in [0.717, 1.165) is 0 Å². The SMILES string of the molecule is OC(COc1ccccc1Cl)c1ccccc1Cl. The van der Waals surface area contributed by atoms with E-state index in [-0.39, 0.29) is 6.61 Å². The zero-order valence-electron chi connectivity index (χ0n) is 9.51. The Hall–Kier alpha value is -1.22. The number of hydrogen-bond donors (Lipinski definition) is 1. The first-order valence-corrected chi connectivity index (χ1v) is 6.24. The summed E-state index contributed by atoms with van der Waals surface area (Å²) < 4.78 is 5.47. The van der Waals surface area contributed by atoms with E-state index >= 15 is 0 Å². The molecule has 2 nitrogen and oxygen atoms in total. The van der Waals surface area contributed by atoms with E-state index in [9.17, 15) is 5.11 Å². The first-order valence-electron chi connectivity index (χ1n) is 5.48. The van der Waals surface area contributed by atoms with Gasteiger partial charge in [-0.05, 0) is 18.2 Å². The monoisotopic (exact) mass is 282 g/mol. The standard InChI is InChI=1S/C14H12Cl2O2/c15-11-6-2-1-5-10(11)13(17)9-18-14-8-4-3-7-12(14)16/h1-8,13,17H,9H2. The third kappa shape index (κ3) is 3.16. The fourth-order valence-corrected chi connectivity index (χ4v) is 2.02. The molecule has 1 N–H and O–H groups in total. The highest BCUT2D eigenvalue weighted by Crippen LogP contribution is 2.26. The van der Waals surface area contributed by atoms with Crippen molar-refractivity contribution in [3.05, 3.63) is 64.1 Å². The van der Waals surface area contributed by atoms with Crippen molar-refractivity contribution in [2.75, 3.05) is 6.61 Å². The van der Waals surface area contributed by atoms with Crippen LogP contribution in [0.5, 0.6) is 5.75 Å². The Morgan fingerprint density at radius 3 is 2.22 bits per heavy atom. The number of benzene rings is 2. The molecule has 0 aliphatic rings. The van der Waals surface area contributed by atoms with Crippen LogP contribution in [0.4, 0.5) is 0 Å². The molecule has 4 heteroatoms. The molecule has 0 fully saturated rings. The lowest BCUT2D eigenvalue weighted by molar-refractivity contribution is 0.108. The first kappa shape index (κ1) is 13.2. The van der Waals surface area contributed by atoms with E-state index < -0.39 is 6.10 Å². The molecule has 1 unspecified atom stereocenters. The van der Waals surface area contributed by atoms with Crippen molar-refractivity contribution in [3.63, 3.8) is 0 Å². The summed E-state index contributed by atoms with van der Waals surface area (Å²) in [6.07, 6.45) is -0.782. The van der Waals surface area contributed by atoms with E-state index in [4.69, 9.17) is 27.9 Å². The molecule has 0 saturated carbocycles. The fraction of sp³-hybridized carbons (Fsp3) is 0.143. The highest BCUT2D eigenvalue weighted by molar-refractivity contribution is 6.32. The Labute approximate surface area is 116 Å². The quantitative estimate of drug-likeness (QED) is 0.915. The van der Waals surface area contributed by atoms with Gasteiger partial charge in [-0.15, -0.1) is 0 Å². The Morgan fingerprint density at radius 1 is 0.944 bits per heavy atom. The van der Waals surface area contributed by atoms with Crippen molar-refractivity contribution in [2.24, 2.45) is 0 Å². The maximum absolute atomic E-state index is 10.0. The molecule has 18 heavy (non-hydrogen) atoms. The van der Waals surface area contributed by atoms with Crippen LogP contribution in [-0.2, 0) is 0 Å². The lowest BCUT2D eigenvalue weighted by Gasteiger charge is -2.14. The maximum Gasteiger partial charge on any atom is 0.138 e. The lowest BCUT2D eigenvalue weighted by atomic mass is 10.1. The number of hydrogen-bond acceptors (Lipinski definition) is 2. The van der Waals surface area contributed by atoms with Crippen LogP contribution < -0.4 is 4.74 Å². The number of halogens is 2. The second kappa shape index (κ2) is 6.10. The van der Waals surface area contributed by atoms with Gasteiger partial charge in [0.15, 0.2) is 0 Å². The highest BCUT2D eigenvalue weighted by atomic mass is 35.5. The summed E-state index contributed by atoms with van der Waals surface area (Å²) in [5.41, 5.74) is 0.645. The fourth-order valence-electron chi connectivity index (χ4n) is 1.57. The Morgan fingerprint density at radius 2 is 1.56 bits per heavy atom. The number of rotatable bonds is 4. The summed E-state index contributed by atoms with van der Waals surface area (Å²) in [6.45, 7) is 0.105. The van der Waals surface area contributed by atoms with Crippen molar-refractivity contribution >= 4 is 23.2 Å². The molecule has 0 amide bonds. The van der Waals surface area contributed by atoms with Crippen molar-refractivity contribution < 1.29 is 9.84 Å². The van der Waals surface area contributed by atoms with Gasteiger partial charge in [-0.25, -0.2) is 0 Å². The van der Waals surface area contributed by atoms with Crippen LogP contribution in [0.1, 0.15) is 11.7 Å². The van der Waals surface area contributed by atoms with E-state index in [1.807, 2.05) is 24.3 Å². The molecule has 2 aromatic rings. The second-order valence-electron chi connectivity index (χ2n) is 3.78. The number of para-hydroxylation sites is 1. The zero-order chi connectivity index (χ0) is 13.0. The van der Waals surface area contributed by atoms with Crippen molar-refractivity contribution in [1.29, 1.82) is 0 Å². The van der Waals surface area contributed by atoms with E-state index in [2.05, 4.69) is 0 Å². The molecule has 0 bridgehead atoms. The second-order valence-corrected chi connectivity index (χ2v) is 4.59. The van der Waals surface area contributed by atoms with Crippen molar-refractivity contribution in [2.45, 2.75) is 6.10 Å². The maximum atomic E-state index is 10.0. The van der Waals surface area contributed by atoms with Crippen LogP contribution in [0, 0.1) is 0 Å². The van der Waals surface area contributed by atoms with Crippen molar-refractivity contribution in [1.82, 2.24) is 0 Å². The number of aliphatic hydroxyl groups is 1. The van der Waals surface area contributed by atoms with E-state index in [0.29, 0.717) is 21.4 Å². The molecule has 0 heterocycles. The summed E-state index contributed by atoms with van der Waals surface area (Å²) in [5, 5.41) is 11.0. The van der Waals surface area contributed by atoms with Crippen LogP contribution in [-0.4, -0.2) is 11.7 Å². The third-order valence-electron chi connectivity index (χ3n) is 2.50. The summed E-state index contributed by atoms with van der Waals surface area (Å²) >= 11 is 11.9. The minimum absolute atomic E-state index is 0.105. The average Bonchev–Trinajstić information content (AvgIpc) is 2.38. The smallest absolute Gasteiger partial charge is 0.138 e. The predicted molar refractivity (Wildman–Crippen MR) is 73.4 cm³/mol. The molecule has 0 spiro atoms. The van der Waals surface area contributed by atoms with Crippen molar-refractivity contribution in [3.8, 4) is 5.75 Å². The molecule has 0 saturated heterocycles. The normalized spacial score (nSPS) is 12.2. The molecule has 0 aromatic heterocycles. The molecule has 2 rings (SSSR count). The molecule has 0 aliphatic carbocycles. The summed E-state index contributed by atoms with van der Waals surface area (Å²) in [6, 6.07) is 14.3. The summed E-state index contributed by atoms with van der Waals surface area (Å²) in [5.74, 6) is 0.547. The zero-order valence-corrected chi connectivity index (χ0v) is 11.0. The summed E-state index contributed by atoms with van der Waals surface area (Å²) in [7, 11) is 0. The molecule has 94 valence electrons. The Kier molecular flexibility index (Phi) is 4.48. The predicted octanol–water partition coefficient (Wildman–Crippen LogP) is 4.11. The van der Waals surface area contributed by atoms with Gasteiger partial charge in [0.05, 0.1) is 5.02 Å². The highest BCUT2D eigenvalue weighted by Gasteiger charge is 2.12. The molecule has 2 aromatic carbocycles. The van der Waals surface area contributed by atoms with Gasteiger partial charge in [-0.3, -0.25) is 0 Å². The van der Waals surface area contributed by atoms with Gasteiger partial charge in [0.1, 0.15) is 18.5 Å². The third-order valence-corrected chi connectivity index (χ3v) is 3.15. The van der Waals surface area contributed by atoms with Gasteiger partial charge < -0.3 is 9.84 Å². The van der Waals surface area contributed by atoms with Gasteiger partial charge in [-0.2, -0.15) is 0 Å². The van der Waals surface area contributed by atoms with Gasteiger partial charge in [0, 0.05) is 10.6 Å². The lowest BCUT2D eigenvalue weighted by Crippen LogP contribution is -2.10. The topological polar surface area (TPSA) is 29.5 Å². The van der Waals surface area contributed by atoms with Crippen LogP contribution in [0.15, 0.2) is 48.5 Å². The number of ether oxygens (including phenoxy) is 1. The largest absolute Gasteiger partial charge is 0.489 e. The number of aliphatic hydroxyl groups excluding tert-OH is 1. The molecular weight excluding hydrogens is 271 g/mol. The molecule has 1 atom stereocenters. The Bertz CT molecular complexity index is 529. The van der Waals surface area contributed by atoms with Crippen LogP contribution in [0.2, 0.25) is 10.0 Å². The average molecular weight is 283 g/mol. The Balaban J connectivity index is 2.03. The van der Waals surface area contributed by atoms with Gasteiger partial charge in [0.25, 0.3) is 0 Å². The van der Waals surface area contributed by atoms with E-state index in [1.165, 1.54) is 0 Å². The van der Waals surface area contributed by atoms with Gasteiger partial charge >= 0.3 is 0 Å². The van der Waals surface area contributed by atoms with E-state index in [1.54, 1.807) is 24.3 Å². The molecule has 0 radical (unpaired) electrons. The minimum atomic E-state index is -0.782. The first-order chi connectivity index (χ1) is 8.68. The van der Waals surface area contributed by atoms with Gasteiger partial charge in [-0.1, -0.05) is 53.5 Å². The summed E-state index contributed by atoms with van der Waals surface area (Å²) in [4.78, 5) is 0. The molecular formula is C14H12Cl2O2. The molecule has 0 aliphatic heterocycles. The minimum Gasteiger partial charge on any atom is -0.489 e. The van der Waals surface area contributed by atoms with Crippen LogP contribution in [0.3, 0.4) is 0 Å².